The van der Waals surface area contributed by atoms with Crippen molar-refractivity contribution in [2.24, 2.45) is 11.5 Å². The van der Waals surface area contributed by atoms with Crippen LogP contribution in [0, 0.1) is 0 Å². The number of primary amides is 2. The number of carbonyl (C=O) groups excluding carboxylic acids is 2. The monoisotopic (exact) mass is 203 g/mol. The normalized spacial score (nSPS) is 11.7. The fourth-order valence-corrected chi connectivity index (χ4v) is 7.53. The van der Waals surface area contributed by atoms with Crippen molar-refractivity contribution in [3.8, 4) is 0 Å². The maximum atomic E-state index is 10.9. The zero-order valence-corrected chi connectivity index (χ0v) is 9.68. The molecule has 1 radical (unpaired) electrons. The SMILES string of the molecule is C[Si](C[Si](C)(C)C(N)=O)C(N)=O. The molecule has 69 valence electrons. The molecule has 2 amide bonds. The second kappa shape index (κ2) is 3.86. The molecule has 0 aromatic heterocycles. The van der Waals surface area contributed by atoms with Gasteiger partial charge >= 0.3 is 0 Å². The van der Waals surface area contributed by atoms with Gasteiger partial charge in [-0.05, 0) is 5.67 Å². The lowest BCUT2D eigenvalue weighted by molar-refractivity contribution is 0.264. The van der Waals surface area contributed by atoms with Gasteiger partial charge in [-0.25, -0.2) is 0 Å². The summed E-state index contributed by atoms with van der Waals surface area (Å²) in [4.78, 5) is 21.7. The standard InChI is InChI=1S/C6H15N2O2Si2/c1-11(5(7)9)4-12(2,3)6(8)10/h4H2,1-3H3,(H2,7,9)(H2,8,10). The van der Waals surface area contributed by atoms with Gasteiger partial charge in [0.25, 0.3) is 0 Å². The lowest BCUT2D eigenvalue weighted by Gasteiger charge is -2.18. The van der Waals surface area contributed by atoms with Crippen LogP contribution in [-0.2, 0) is 0 Å². The van der Waals surface area contributed by atoms with Crippen LogP contribution in [0.1, 0.15) is 0 Å². The third kappa shape index (κ3) is 3.18. The summed E-state index contributed by atoms with van der Waals surface area (Å²) in [5.74, 6) is 0. The Morgan fingerprint density at radius 3 is 2.00 bits per heavy atom. The van der Waals surface area contributed by atoms with E-state index in [9.17, 15) is 9.59 Å². The van der Waals surface area contributed by atoms with Gasteiger partial charge in [-0.1, -0.05) is 19.6 Å². The van der Waals surface area contributed by atoms with Crippen molar-refractivity contribution in [1.29, 1.82) is 0 Å². The number of nitrogens with two attached hydrogens (primary N) is 2. The number of rotatable bonds is 4. The van der Waals surface area contributed by atoms with Gasteiger partial charge in [0.15, 0.2) is 27.9 Å². The Labute approximate surface area is 74.9 Å². The van der Waals surface area contributed by atoms with E-state index >= 15 is 0 Å². The van der Waals surface area contributed by atoms with Crippen molar-refractivity contribution in [1.82, 2.24) is 0 Å². The van der Waals surface area contributed by atoms with Crippen molar-refractivity contribution in [2.45, 2.75) is 25.3 Å². The quantitative estimate of drug-likeness (QED) is 0.658. The maximum Gasteiger partial charge on any atom is 0.189 e. The Balaban J connectivity index is 4.24. The Morgan fingerprint density at radius 2 is 1.75 bits per heavy atom. The van der Waals surface area contributed by atoms with E-state index < -0.39 is 16.9 Å². The highest BCUT2D eigenvalue weighted by Crippen LogP contribution is 2.11. The summed E-state index contributed by atoms with van der Waals surface area (Å²) in [5, 5.41) is 0. The van der Waals surface area contributed by atoms with E-state index in [1.165, 1.54) is 0 Å². The van der Waals surface area contributed by atoms with Gasteiger partial charge in [0, 0.05) is 0 Å². The molecule has 0 saturated heterocycles. The third-order valence-corrected chi connectivity index (χ3v) is 9.63. The second-order valence-corrected chi connectivity index (χ2v) is 11.3. The van der Waals surface area contributed by atoms with Gasteiger partial charge in [-0.3, -0.25) is 9.59 Å². The van der Waals surface area contributed by atoms with Crippen LogP contribution in [0.2, 0.25) is 25.3 Å². The molecule has 6 heteroatoms. The van der Waals surface area contributed by atoms with Crippen LogP contribution >= 0.6 is 0 Å². The highest BCUT2D eigenvalue weighted by Gasteiger charge is 2.32. The molecule has 0 aliphatic rings. The van der Waals surface area contributed by atoms with Gasteiger partial charge in [-0.2, -0.15) is 0 Å². The van der Waals surface area contributed by atoms with Gasteiger partial charge < -0.3 is 11.5 Å². The molecule has 0 atom stereocenters. The smallest absolute Gasteiger partial charge is 0.189 e. The van der Waals surface area contributed by atoms with Crippen molar-refractivity contribution >= 4 is 27.9 Å². The highest BCUT2D eigenvalue weighted by atomic mass is 28.4. The largest absolute Gasteiger partial charge is 0.374 e. The zero-order chi connectivity index (χ0) is 9.94. The average molecular weight is 203 g/mol. The molecule has 0 bridgehead atoms. The summed E-state index contributed by atoms with van der Waals surface area (Å²) in [5.41, 5.74) is 10.5. The molecule has 0 saturated carbocycles. The lowest BCUT2D eigenvalue weighted by Crippen LogP contribution is -2.47. The molecular weight excluding hydrogens is 188 g/mol. The summed E-state index contributed by atoms with van der Waals surface area (Å²) in [6, 6.07) is 0. The zero-order valence-electron chi connectivity index (χ0n) is 7.68. The van der Waals surface area contributed by atoms with Crippen LogP contribution in [0.3, 0.4) is 0 Å². The van der Waals surface area contributed by atoms with Crippen LogP contribution in [0.25, 0.3) is 0 Å². The molecule has 12 heavy (non-hydrogen) atoms. The maximum absolute atomic E-state index is 10.9. The molecule has 0 fully saturated rings. The summed E-state index contributed by atoms with van der Waals surface area (Å²) in [7, 11) is -3.23. The Kier molecular flexibility index (Phi) is 3.66. The molecule has 4 nitrogen and oxygen atoms in total. The minimum Gasteiger partial charge on any atom is -0.374 e. The van der Waals surface area contributed by atoms with E-state index in [1.54, 1.807) is 0 Å². The van der Waals surface area contributed by atoms with Crippen LogP contribution in [0.15, 0.2) is 0 Å². The average Bonchev–Trinajstić information content (AvgIpc) is 1.85. The summed E-state index contributed by atoms with van der Waals surface area (Å²) < 4.78 is 0. The molecule has 0 aliphatic carbocycles. The van der Waals surface area contributed by atoms with Gasteiger partial charge in [0.1, 0.15) is 0 Å². The van der Waals surface area contributed by atoms with Crippen molar-refractivity contribution in [2.75, 3.05) is 0 Å². The van der Waals surface area contributed by atoms with E-state index in [0.29, 0.717) is 5.67 Å². The first kappa shape index (κ1) is 11.4. The van der Waals surface area contributed by atoms with Crippen LogP contribution < -0.4 is 11.5 Å². The number of hydrogen-bond donors (Lipinski definition) is 2. The number of carbonyl (C=O) groups is 2. The fraction of sp³-hybridized carbons (Fsp3) is 0.667. The van der Waals surface area contributed by atoms with Gasteiger partial charge in [0.05, 0.1) is 0 Å². The van der Waals surface area contributed by atoms with E-state index in [-0.39, 0.29) is 11.1 Å². The molecular formula is C6H15N2O2Si2. The topological polar surface area (TPSA) is 86.2 Å². The molecule has 0 aromatic rings. The van der Waals surface area contributed by atoms with Crippen molar-refractivity contribution in [3.05, 3.63) is 0 Å². The third-order valence-electron chi connectivity index (χ3n) is 1.79. The molecule has 0 unspecified atom stereocenters. The van der Waals surface area contributed by atoms with Crippen molar-refractivity contribution < 1.29 is 9.59 Å². The van der Waals surface area contributed by atoms with E-state index in [2.05, 4.69) is 0 Å². The van der Waals surface area contributed by atoms with Crippen molar-refractivity contribution in [3.63, 3.8) is 0 Å². The summed E-state index contributed by atoms with van der Waals surface area (Å²) in [6.07, 6.45) is 0. The molecule has 0 aliphatic heterocycles. The highest BCUT2D eigenvalue weighted by molar-refractivity contribution is 7.12. The first-order valence-corrected chi connectivity index (χ1v) is 9.11. The minimum absolute atomic E-state index is 0.242. The van der Waals surface area contributed by atoms with Gasteiger partial charge in [0.2, 0.25) is 0 Å². The summed E-state index contributed by atoms with van der Waals surface area (Å²) in [6.45, 7) is 5.56. The van der Waals surface area contributed by atoms with Crippen LogP contribution in [-0.4, -0.2) is 27.9 Å². The first-order chi connectivity index (χ1) is 5.27. The van der Waals surface area contributed by atoms with Crippen LogP contribution in [0.5, 0.6) is 0 Å². The first-order valence-electron chi connectivity index (χ1n) is 3.69. The Hall–Kier alpha value is -0.626. The van der Waals surface area contributed by atoms with E-state index in [4.69, 9.17) is 11.5 Å². The van der Waals surface area contributed by atoms with Gasteiger partial charge in [-0.15, -0.1) is 0 Å². The lowest BCUT2D eigenvalue weighted by atomic mass is 11.4. The molecule has 4 N–H and O–H groups in total. The molecule has 0 aromatic carbocycles. The van der Waals surface area contributed by atoms with E-state index in [0.717, 1.165) is 0 Å². The second-order valence-electron chi connectivity index (χ2n) is 3.57. The number of hydrogen-bond acceptors (Lipinski definition) is 2. The predicted molar refractivity (Wildman–Crippen MR) is 53.1 cm³/mol. The molecule has 0 rings (SSSR count). The molecule has 0 heterocycles. The Morgan fingerprint density at radius 1 is 1.33 bits per heavy atom. The minimum atomic E-state index is -2.02. The van der Waals surface area contributed by atoms with E-state index in [1.807, 2.05) is 19.6 Å². The molecule has 0 spiro atoms. The number of amides is 2. The Bertz CT molecular complexity index is 206. The fourth-order valence-electron chi connectivity index (χ4n) is 0.837. The predicted octanol–water partition coefficient (Wildman–Crippen LogP) is 0.679. The summed E-state index contributed by atoms with van der Waals surface area (Å²) >= 11 is 0. The van der Waals surface area contributed by atoms with Crippen LogP contribution in [0.4, 0.5) is 9.59 Å².